The molecule has 3 N–H and O–H groups in total. The van der Waals surface area contributed by atoms with E-state index in [2.05, 4.69) is 21.2 Å². The number of hydrogen-bond donors (Lipinski definition) is 3. The van der Waals surface area contributed by atoms with Crippen molar-refractivity contribution in [3.63, 3.8) is 0 Å². The van der Waals surface area contributed by atoms with E-state index in [0.717, 1.165) is 0 Å². The molecular weight excluding hydrogens is 332 g/mol. The maximum atomic E-state index is 12.5. The molecule has 2 rings (SSSR count). The number of hydrazine groups is 1. The first-order valence-electron chi connectivity index (χ1n) is 8.40. The summed E-state index contributed by atoms with van der Waals surface area (Å²) >= 11 is 0. The normalized spacial score (nSPS) is 12.5. The van der Waals surface area contributed by atoms with Gasteiger partial charge in [-0.1, -0.05) is 44.5 Å². The largest absolute Gasteiger partial charge is 0.340 e. The van der Waals surface area contributed by atoms with Crippen LogP contribution in [0.15, 0.2) is 54.7 Å². The Morgan fingerprint density at radius 3 is 2.27 bits per heavy atom. The molecule has 0 spiro atoms. The molecule has 1 aromatic carbocycles. The monoisotopic (exact) mass is 354 g/mol. The van der Waals surface area contributed by atoms with Crippen LogP contribution in [0.5, 0.6) is 0 Å². The Morgan fingerprint density at radius 2 is 1.65 bits per heavy atom. The summed E-state index contributed by atoms with van der Waals surface area (Å²) in [6.07, 6.45) is 2.17. The standard InChI is InChI=1S/C19H22N4O3/c1-3-13(2)16(21-17(24)14-9-5-4-6-10-14)19(26)23-22-18(25)15-11-7-8-12-20-15/h4-13,16H,3H2,1-2H3,(H,21,24)(H,22,25)(H,23,26)/t13-,16-/m0/s1. The van der Waals surface area contributed by atoms with Gasteiger partial charge in [-0.15, -0.1) is 0 Å². The Morgan fingerprint density at radius 1 is 0.962 bits per heavy atom. The lowest BCUT2D eigenvalue weighted by molar-refractivity contribution is -0.124. The summed E-state index contributed by atoms with van der Waals surface area (Å²) in [5.74, 6) is -1.49. The lowest BCUT2D eigenvalue weighted by Gasteiger charge is -2.23. The smallest absolute Gasteiger partial charge is 0.288 e. The van der Waals surface area contributed by atoms with Crippen molar-refractivity contribution in [1.29, 1.82) is 0 Å². The summed E-state index contributed by atoms with van der Waals surface area (Å²) in [5, 5.41) is 2.73. The fourth-order valence-electron chi connectivity index (χ4n) is 2.27. The van der Waals surface area contributed by atoms with Crippen LogP contribution in [0.25, 0.3) is 0 Å². The van der Waals surface area contributed by atoms with Crippen molar-refractivity contribution >= 4 is 17.7 Å². The molecule has 0 aliphatic rings. The molecular formula is C19H22N4O3. The van der Waals surface area contributed by atoms with Gasteiger partial charge in [-0.3, -0.25) is 30.2 Å². The van der Waals surface area contributed by atoms with Gasteiger partial charge in [0.2, 0.25) is 0 Å². The second kappa shape index (κ2) is 9.31. The molecule has 1 heterocycles. The van der Waals surface area contributed by atoms with Gasteiger partial charge in [0.15, 0.2) is 0 Å². The number of hydrogen-bond acceptors (Lipinski definition) is 4. The highest BCUT2D eigenvalue weighted by atomic mass is 16.2. The molecule has 2 atom stereocenters. The SMILES string of the molecule is CC[C@H](C)[C@H](NC(=O)c1ccccc1)C(=O)NNC(=O)c1ccccn1. The molecule has 0 bridgehead atoms. The Kier molecular flexibility index (Phi) is 6.84. The first-order valence-corrected chi connectivity index (χ1v) is 8.40. The predicted molar refractivity (Wildman–Crippen MR) is 97.0 cm³/mol. The minimum absolute atomic E-state index is 0.116. The van der Waals surface area contributed by atoms with Gasteiger partial charge in [0.25, 0.3) is 17.7 Å². The molecule has 0 aliphatic carbocycles. The van der Waals surface area contributed by atoms with Crippen molar-refractivity contribution in [3.05, 3.63) is 66.0 Å². The third-order valence-electron chi connectivity index (χ3n) is 4.01. The average Bonchev–Trinajstić information content (AvgIpc) is 2.70. The zero-order valence-corrected chi connectivity index (χ0v) is 14.7. The molecule has 3 amide bonds. The highest BCUT2D eigenvalue weighted by Crippen LogP contribution is 2.09. The van der Waals surface area contributed by atoms with E-state index in [0.29, 0.717) is 12.0 Å². The van der Waals surface area contributed by atoms with E-state index >= 15 is 0 Å². The maximum Gasteiger partial charge on any atom is 0.288 e. The number of nitrogens with zero attached hydrogens (tertiary/aromatic N) is 1. The Bertz CT molecular complexity index is 750. The van der Waals surface area contributed by atoms with Crippen LogP contribution in [-0.4, -0.2) is 28.7 Å². The summed E-state index contributed by atoms with van der Waals surface area (Å²) in [6.45, 7) is 3.78. The third-order valence-corrected chi connectivity index (χ3v) is 4.01. The maximum absolute atomic E-state index is 12.5. The molecule has 0 saturated carbocycles. The summed E-state index contributed by atoms with van der Waals surface area (Å²) < 4.78 is 0. The van der Waals surface area contributed by atoms with Gasteiger partial charge in [0.05, 0.1) is 0 Å². The number of amides is 3. The predicted octanol–water partition coefficient (Wildman–Crippen LogP) is 1.69. The van der Waals surface area contributed by atoms with Gasteiger partial charge in [-0.25, -0.2) is 0 Å². The van der Waals surface area contributed by atoms with E-state index in [9.17, 15) is 14.4 Å². The Balaban J connectivity index is 2.00. The molecule has 0 aliphatic heterocycles. The number of nitrogens with one attached hydrogen (secondary N) is 3. The molecule has 7 nitrogen and oxygen atoms in total. The quantitative estimate of drug-likeness (QED) is 0.687. The minimum atomic E-state index is -0.781. The van der Waals surface area contributed by atoms with Gasteiger partial charge in [-0.2, -0.15) is 0 Å². The van der Waals surface area contributed by atoms with Crippen LogP contribution in [0.2, 0.25) is 0 Å². The van der Waals surface area contributed by atoms with Crippen molar-refractivity contribution in [3.8, 4) is 0 Å². The molecule has 7 heteroatoms. The minimum Gasteiger partial charge on any atom is -0.340 e. The zero-order valence-electron chi connectivity index (χ0n) is 14.7. The fourth-order valence-corrected chi connectivity index (χ4v) is 2.27. The van der Waals surface area contributed by atoms with Crippen LogP contribution in [0.4, 0.5) is 0 Å². The van der Waals surface area contributed by atoms with Crippen molar-refractivity contribution in [2.75, 3.05) is 0 Å². The van der Waals surface area contributed by atoms with Crippen LogP contribution < -0.4 is 16.2 Å². The number of carbonyl (C=O) groups is 3. The molecule has 0 fully saturated rings. The van der Waals surface area contributed by atoms with Crippen LogP contribution in [0.1, 0.15) is 41.1 Å². The highest BCUT2D eigenvalue weighted by Gasteiger charge is 2.26. The van der Waals surface area contributed by atoms with Crippen LogP contribution in [-0.2, 0) is 4.79 Å². The van der Waals surface area contributed by atoms with Crippen LogP contribution >= 0.6 is 0 Å². The number of aromatic nitrogens is 1. The summed E-state index contributed by atoms with van der Waals surface area (Å²) in [5.41, 5.74) is 5.32. The zero-order chi connectivity index (χ0) is 18.9. The second-order valence-corrected chi connectivity index (χ2v) is 5.86. The summed E-state index contributed by atoms with van der Waals surface area (Å²) in [6, 6.07) is 12.8. The van der Waals surface area contributed by atoms with E-state index in [1.54, 1.807) is 36.4 Å². The number of benzene rings is 1. The van der Waals surface area contributed by atoms with E-state index in [1.807, 2.05) is 19.9 Å². The lowest BCUT2D eigenvalue weighted by atomic mass is 9.98. The van der Waals surface area contributed by atoms with E-state index < -0.39 is 17.9 Å². The number of carbonyl (C=O) groups excluding carboxylic acids is 3. The van der Waals surface area contributed by atoms with Gasteiger partial charge in [-0.05, 0) is 30.2 Å². The number of rotatable bonds is 6. The molecule has 136 valence electrons. The first kappa shape index (κ1) is 19.1. The number of pyridine rings is 1. The lowest BCUT2D eigenvalue weighted by Crippen LogP contribution is -2.54. The first-order chi connectivity index (χ1) is 12.5. The third kappa shape index (κ3) is 5.14. The van der Waals surface area contributed by atoms with Crippen LogP contribution in [0, 0.1) is 5.92 Å². The molecule has 0 radical (unpaired) electrons. The van der Waals surface area contributed by atoms with E-state index in [-0.39, 0.29) is 17.5 Å². The van der Waals surface area contributed by atoms with Gasteiger partial charge in [0.1, 0.15) is 11.7 Å². The average molecular weight is 354 g/mol. The van der Waals surface area contributed by atoms with E-state index in [1.165, 1.54) is 12.3 Å². The summed E-state index contributed by atoms with van der Waals surface area (Å²) in [4.78, 5) is 40.7. The molecule has 26 heavy (non-hydrogen) atoms. The second-order valence-electron chi connectivity index (χ2n) is 5.86. The topological polar surface area (TPSA) is 100 Å². The van der Waals surface area contributed by atoms with Crippen molar-refractivity contribution in [2.24, 2.45) is 5.92 Å². The molecule has 1 aromatic heterocycles. The van der Waals surface area contributed by atoms with Crippen molar-refractivity contribution in [1.82, 2.24) is 21.2 Å². The van der Waals surface area contributed by atoms with Crippen molar-refractivity contribution < 1.29 is 14.4 Å². The Labute approximate surface area is 152 Å². The summed E-state index contributed by atoms with van der Waals surface area (Å²) in [7, 11) is 0. The van der Waals surface area contributed by atoms with Gasteiger partial charge in [0, 0.05) is 11.8 Å². The van der Waals surface area contributed by atoms with Gasteiger partial charge < -0.3 is 5.32 Å². The fraction of sp³-hybridized carbons (Fsp3) is 0.263. The molecule has 2 aromatic rings. The molecule has 0 saturated heterocycles. The Hall–Kier alpha value is -3.22. The van der Waals surface area contributed by atoms with E-state index in [4.69, 9.17) is 0 Å². The van der Waals surface area contributed by atoms with Crippen LogP contribution in [0.3, 0.4) is 0 Å². The van der Waals surface area contributed by atoms with Gasteiger partial charge >= 0.3 is 0 Å². The highest BCUT2D eigenvalue weighted by molar-refractivity contribution is 5.98. The molecule has 0 unspecified atom stereocenters. The van der Waals surface area contributed by atoms with Crippen molar-refractivity contribution in [2.45, 2.75) is 26.3 Å².